The third-order valence-electron chi connectivity index (χ3n) is 4.44. The summed E-state index contributed by atoms with van der Waals surface area (Å²) in [7, 11) is 4.24. The van der Waals surface area contributed by atoms with Crippen LogP contribution in [0.3, 0.4) is 0 Å². The van der Waals surface area contributed by atoms with Crippen LogP contribution in [0.5, 0.6) is 0 Å². The molecule has 6 heteroatoms. The zero-order valence-corrected chi connectivity index (χ0v) is 14.1. The summed E-state index contributed by atoms with van der Waals surface area (Å²) in [6, 6.07) is 1.60. The summed E-state index contributed by atoms with van der Waals surface area (Å²) in [5, 5.41) is 6.57. The summed E-state index contributed by atoms with van der Waals surface area (Å²) in [6.45, 7) is 6.91. The van der Waals surface area contributed by atoms with Crippen LogP contribution < -0.4 is 5.32 Å². The molecule has 0 aromatic carbocycles. The van der Waals surface area contributed by atoms with Crippen LogP contribution in [0.15, 0.2) is 10.6 Å². The average Bonchev–Trinajstić information content (AvgIpc) is 2.90. The molecule has 1 aromatic rings. The predicted molar refractivity (Wildman–Crippen MR) is 86.8 cm³/mol. The lowest BCUT2D eigenvalue weighted by Crippen LogP contribution is -2.46. The number of hydrogen-bond acceptors (Lipinski definition) is 5. The molecule has 124 valence electrons. The first-order chi connectivity index (χ1) is 10.5. The van der Waals surface area contributed by atoms with E-state index in [0.29, 0.717) is 5.88 Å². The lowest BCUT2D eigenvalue weighted by molar-refractivity contribution is -0.121. The van der Waals surface area contributed by atoms with Gasteiger partial charge in [-0.3, -0.25) is 15.0 Å². The van der Waals surface area contributed by atoms with E-state index < -0.39 is 0 Å². The molecule has 0 aliphatic carbocycles. The summed E-state index contributed by atoms with van der Waals surface area (Å²) >= 11 is 0. The Morgan fingerprint density at radius 2 is 2.18 bits per heavy atom. The normalized spacial score (nSPS) is 18.6. The number of anilines is 1. The van der Waals surface area contributed by atoms with Gasteiger partial charge in [0, 0.05) is 6.07 Å². The van der Waals surface area contributed by atoms with E-state index in [2.05, 4.69) is 34.4 Å². The Morgan fingerprint density at radius 1 is 1.50 bits per heavy atom. The molecular formula is C16H28N4O2. The predicted octanol–water partition coefficient (Wildman–Crippen LogP) is 1.97. The van der Waals surface area contributed by atoms with Crippen molar-refractivity contribution in [2.24, 2.45) is 5.92 Å². The Morgan fingerprint density at radius 3 is 2.73 bits per heavy atom. The van der Waals surface area contributed by atoms with Crippen molar-refractivity contribution in [1.29, 1.82) is 0 Å². The number of rotatable bonds is 6. The van der Waals surface area contributed by atoms with E-state index in [9.17, 15) is 4.79 Å². The molecule has 0 saturated carbocycles. The number of piperidine rings is 1. The van der Waals surface area contributed by atoms with Gasteiger partial charge in [0.15, 0.2) is 0 Å². The van der Waals surface area contributed by atoms with Crippen molar-refractivity contribution in [3.63, 3.8) is 0 Å². The maximum absolute atomic E-state index is 12.3. The number of nitrogens with zero attached hydrogens (tertiary/aromatic N) is 3. The molecule has 1 saturated heterocycles. The van der Waals surface area contributed by atoms with Gasteiger partial charge in [-0.1, -0.05) is 5.16 Å². The van der Waals surface area contributed by atoms with Gasteiger partial charge in [-0.25, -0.2) is 0 Å². The molecule has 22 heavy (non-hydrogen) atoms. The van der Waals surface area contributed by atoms with Crippen molar-refractivity contribution in [1.82, 2.24) is 15.0 Å². The van der Waals surface area contributed by atoms with Gasteiger partial charge in [-0.05, 0) is 72.8 Å². The van der Waals surface area contributed by atoms with E-state index in [1.54, 1.807) is 6.07 Å². The second-order valence-electron chi connectivity index (χ2n) is 6.57. The maximum atomic E-state index is 12.3. The minimum atomic E-state index is -0.139. The number of likely N-dealkylation sites (tertiary alicyclic amines) is 1. The van der Waals surface area contributed by atoms with E-state index in [-0.39, 0.29) is 11.9 Å². The summed E-state index contributed by atoms with van der Waals surface area (Å²) in [6.07, 6.45) is 3.60. The molecule has 0 bridgehead atoms. The molecule has 0 radical (unpaired) electrons. The van der Waals surface area contributed by atoms with E-state index >= 15 is 0 Å². The number of carbonyl (C=O) groups is 1. The Bertz CT molecular complexity index is 478. The third kappa shape index (κ3) is 4.81. The quantitative estimate of drug-likeness (QED) is 0.870. The number of nitrogens with one attached hydrogen (secondary N) is 1. The fourth-order valence-corrected chi connectivity index (χ4v) is 2.88. The molecule has 1 unspecified atom stereocenters. The Labute approximate surface area is 132 Å². The number of amides is 1. The van der Waals surface area contributed by atoms with Crippen molar-refractivity contribution >= 4 is 11.8 Å². The van der Waals surface area contributed by atoms with E-state index in [1.807, 2.05) is 13.8 Å². The van der Waals surface area contributed by atoms with Gasteiger partial charge in [0.25, 0.3) is 0 Å². The average molecular weight is 308 g/mol. The number of carbonyl (C=O) groups excluding carboxylic acids is 1. The molecule has 2 heterocycles. The lowest BCUT2D eigenvalue weighted by atomic mass is 9.92. The van der Waals surface area contributed by atoms with Gasteiger partial charge in [-0.2, -0.15) is 0 Å². The van der Waals surface area contributed by atoms with Crippen molar-refractivity contribution in [3.05, 3.63) is 11.8 Å². The van der Waals surface area contributed by atoms with Gasteiger partial charge >= 0.3 is 0 Å². The monoisotopic (exact) mass is 308 g/mol. The standard InChI is InChI=1S/C16H28N4O2/c1-12-11-15(22-18-12)17-16(21)13(2)20-9-6-14(7-10-20)5-8-19(3)4/h11,13-14H,5-10H2,1-4H3,(H,17,21). The highest BCUT2D eigenvalue weighted by atomic mass is 16.5. The Kier molecular flexibility index (Phi) is 5.97. The third-order valence-corrected chi connectivity index (χ3v) is 4.44. The first-order valence-electron chi connectivity index (χ1n) is 8.08. The van der Waals surface area contributed by atoms with E-state index in [4.69, 9.17) is 4.52 Å². The summed E-state index contributed by atoms with van der Waals surface area (Å²) in [5.74, 6) is 1.18. The van der Waals surface area contributed by atoms with Crippen LogP contribution in [-0.4, -0.2) is 60.6 Å². The maximum Gasteiger partial charge on any atom is 0.243 e. The van der Waals surface area contributed by atoms with Crippen molar-refractivity contribution < 1.29 is 9.32 Å². The van der Waals surface area contributed by atoms with Crippen LogP contribution in [0.1, 0.15) is 31.9 Å². The fraction of sp³-hybridized carbons (Fsp3) is 0.750. The van der Waals surface area contributed by atoms with Crippen LogP contribution in [0.2, 0.25) is 0 Å². The van der Waals surface area contributed by atoms with Gasteiger partial charge in [0.2, 0.25) is 11.8 Å². The zero-order valence-electron chi connectivity index (χ0n) is 14.1. The SMILES string of the molecule is Cc1cc(NC(=O)C(C)N2CCC(CCN(C)C)CC2)on1. The second-order valence-corrected chi connectivity index (χ2v) is 6.57. The Balaban J connectivity index is 1.76. The van der Waals surface area contributed by atoms with Crippen molar-refractivity contribution in [2.75, 3.05) is 39.0 Å². The highest BCUT2D eigenvalue weighted by Crippen LogP contribution is 2.22. The van der Waals surface area contributed by atoms with Crippen LogP contribution in [0, 0.1) is 12.8 Å². The van der Waals surface area contributed by atoms with Crippen molar-refractivity contribution in [2.45, 2.75) is 39.2 Å². The smallest absolute Gasteiger partial charge is 0.243 e. The summed E-state index contributed by atoms with van der Waals surface area (Å²) in [4.78, 5) is 16.8. The number of aryl methyl sites for hydroxylation is 1. The first-order valence-corrected chi connectivity index (χ1v) is 8.08. The van der Waals surface area contributed by atoms with Gasteiger partial charge in [0.1, 0.15) is 0 Å². The second kappa shape index (κ2) is 7.74. The lowest BCUT2D eigenvalue weighted by Gasteiger charge is -2.35. The first kappa shape index (κ1) is 17.0. The largest absolute Gasteiger partial charge is 0.338 e. The highest BCUT2D eigenvalue weighted by Gasteiger charge is 2.27. The molecule has 6 nitrogen and oxygen atoms in total. The highest BCUT2D eigenvalue weighted by molar-refractivity contribution is 5.93. The van der Waals surface area contributed by atoms with Gasteiger partial charge in [0.05, 0.1) is 11.7 Å². The molecule has 1 N–H and O–H groups in total. The molecule has 0 spiro atoms. The summed E-state index contributed by atoms with van der Waals surface area (Å²) < 4.78 is 5.04. The van der Waals surface area contributed by atoms with E-state index in [1.165, 1.54) is 19.3 Å². The van der Waals surface area contributed by atoms with Gasteiger partial charge in [-0.15, -0.1) is 0 Å². The minimum absolute atomic E-state index is 0.0251. The van der Waals surface area contributed by atoms with Crippen LogP contribution in [-0.2, 0) is 4.79 Å². The molecule has 1 atom stereocenters. The molecular weight excluding hydrogens is 280 g/mol. The molecule has 1 amide bonds. The Hall–Kier alpha value is -1.40. The minimum Gasteiger partial charge on any atom is -0.338 e. The molecule has 1 fully saturated rings. The molecule has 2 rings (SSSR count). The number of hydrogen-bond donors (Lipinski definition) is 1. The van der Waals surface area contributed by atoms with E-state index in [0.717, 1.165) is 31.2 Å². The van der Waals surface area contributed by atoms with Crippen LogP contribution >= 0.6 is 0 Å². The zero-order chi connectivity index (χ0) is 16.1. The van der Waals surface area contributed by atoms with Crippen LogP contribution in [0.4, 0.5) is 5.88 Å². The number of aromatic nitrogens is 1. The molecule has 1 aliphatic rings. The van der Waals surface area contributed by atoms with Crippen molar-refractivity contribution in [3.8, 4) is 0 Å². The molecule has 1 aliphatic heterocycles. The fourth-order valence-electron chi connectivity index (χ4n) is 2.88. The molecule has 1 aromatic heterocycles. The van der Waals surface area contributed by atoms with Gasteiger partial charge < -0.3 is 9.42 Å². The topological polar surface area (TPSA) is 61.6 Å². The van der Waals surface area contributed by atoms with Crippen LogP contribution in [0.25, 0.3) is 0 Å². The summed E-state index contributed by atoms with van der Waals surface area (Å²) in [5.41, 5.74) is 0.768.